The van der Waals surface area contributed by atoms with Gasteiger partial charge < -0.3 is 9.88 Å². The summed E-state index contributed by atoms with van der Waals surface area (Å²) in [4.78, 5) is 11.6. The summed E-state index contributed by atoms with van der Waals surface area (Å²) < 4.78 is 1.90. The van der Waals surface area contributed by atoms with E-state index in [1.54, 1.807) is 0 Å². The second-order valence-electron chi connectivity index (χ2n) is 3.51. The Morgan fingerprint density at radius 3 is 2.38 bits per heavy atom. The second-order valence-corrected chi connectivity index (χ2v) is 3.51. The van der Waals surface area contributed by atoms with E-state index in [9.17, 15) is 4.79 Å². The highest BCUT2D eigenvalue weighted by Crippen LogP contribution is 2.14. The monoisotopic (exact) mass is 180 g/mol. The fourth-order valence-corrected chi connectivity index (χ4v) is 1.20. The smallest absolute Gasteiger partial charge is 0.245 e. The van der Waals surface area contributed by atoms with E-state index in [-0.39, 0.29) is 5.91 Å². The molecule has 0 saturated carbocycles. The molecule has 3 nitrogen and oxygen atoms in total. The van der Waals surface area contributed by atoms with Crippen molar-refractivity contribution in [1.29, 1.82) is 0 Å². The van der Waals surface area contributed by atoms with Crippen molar-refractivity contribution < 1.29 is 4.79 Å². The van der Waals surface area contributed by atoms with Gasteiger partial charge in [-0.25, -0.2) is 0 Å². The number of hydrogen-bond donors (Lipinski definition) is 1. The van der Waals surface area contributed by atoms with Crippen molar-refractivity contribution in [3.05, 3.63) is 24.5 Å². The third kappa shape index (κ3) is 1.91. The van der Waals surface area contributed by atoms with Crippen LogP contribution >= 0.6 is 0 Å². The van der Waals surface area contributed by atoms with Crippen molar-refractivity contribution in [2.45, 2.75) is 26.3 Å². The lowest BCUT2D eigenvalue weighted by atomic mass is 10.0. The van der Waals surface area contributed by atoms with E-state index < -0.39 is 5.54 Å². The van der Waals surface area contributed by atoms with Gasteiger partial charge in [0, 0.05) is 18.9 Å². The summed E-state index contributed by atoms with van der Waals surface area (Å²) in [6.07, 6.45) is 3.80. The summed E-state index contributed by atoms with van der Waals surface area (Å²) in [5.74, 6) is 0.0474. The topological polar surface area (TPSA) is 34.0 Å². The Kier molecular flexibility index (Phi) is 2.76. The standard InChI is InChI=1S/C10H16N2O/c1-4-11-9(13)10(2,3)12-7-5-6-8-12/h5-8H,4H2,1-3H3,(H,11,13). The maximum Gasteiger partial charge on any atom is 0.245 e. The minimum absolute atomic E-state index is 0.0474. The summed E-state index contributed by atoms with van der Waals surface area (Å²) in [6, 6.07) is 3.84. The summed E-state index contributed by atoms with van der Waals surface area (Å²) in [5, 5.41) is 2.81. The summed E-state index contributed by atoms with van der Waals surface area (Å²) in [5.41, 5.74) is -0.500. The summed E-state index contributed by atoms with van der Waals surface area (Å²) >= 11 is 0. The lowest BCUT2D eigenvalue weighted by Gasteiger charge is -2.25. The van der Waals surface area contributed by atoms with Gasteiger partial charge in [0.15, 0.2) is 0 Å². The van der Waals surface area contributed by atoms with Crippen LogP contribution in [0.25, 0.3) is 0 Å². The molecule has 0 atom stereocenters. The maximum absolute atomic E-state index is 11.6. The van der Waals surface area contributed by atoms with Gasteiger partial charge in [0.05, 0.1) is 0 Å². The van der Waals surface area contributed by atoms with Crippen molar-refractivity contribution in [3.8, 4) is 0 Å². The van der Waals surface area contributed by atoms with E-state index >= 15 is 0 Å². The zero-order valence-corrected chi connectivity index (χ0v) is 8.37. The zero-order chi connectivity index (χ0) is 9.90. The van der Waals surface area contributed by atoms with Gasteiger partial charge in [-0.15, -0.1) is 0 Å². The van der Waals surface area contributed by atoms with Gasteiger partial charge >= 0.3 is 0 Å². The molecule has 0 unspecified atom stereocenters. The highest BCUT2D eigenvalue weighted by atomic mass is 16.2. The average Bonchev–Trinajstić information content (AvgIpc) is 2.56. The fraction of sp³-hybridized carbons (Fsp3) is 0.500. The second kappa shape index (κ2) is 3.64. The third-order valence-corrected chi connectivity index (χ3v) is 2.14. The van der Waals surface area contributed by atoms with Crippen molar-refractivity contribution in [3.63, 3.8) is 0 Å². The van der Waals surface area contributed by atoms with Crippen LogP contribution < -0.4 is 5.32 Å². The first-order chi connectivity index (χ1) is 6.09. The molecule has 0 radical (unpaired) electrons. The van der Waals surface area contributed by atoms with Crippen LogP contribution in [-0.4, -0.2) is 17.0 Å². The molecule has 0 fully saturated rings. The molecule has 3 heteroatoms. The Balaban J connectivity index is 2.82. The Labute approximate surface area is 78.8 Å². The molecule has 1 aromatic rings. The van der Waals surface area contributed by atoms with Gasteiger partial charge in [0.2, 0.25) is 5.91 Å². The molecule has 1 rings (SSSR count). The van der Waals surface area contributed by atoms with E-state index in [0.717, 1.165) is 0 Å². The molecule has 0 bridgehead atoms. The van der Waals surface area contributed by atoms with E-state index in [2.05, 4.69) is 5.32 Å². The number of likely N-dealkylation sites (N-methyl/N-ethyl adjacent to an activating group) is 1. The van der Waals surface area contributed by atoms with Crippen LogP contribution in [0.15, 0.2) is 24.5 Å². The van der Waals surface area contributed by atoms with Crippen LogP contribution in [0.1, 0.15) is 20.8 Å². The van der Waals surface area contributed by atoms with Crippen molar-refractivity contribution in [2.24, 2.45) is 0 Å². The van der Waals surface area contributed by atoms with Crippen LogP contribution in [0, 0.1) is 0 Å². The predicted octanol–water partition coefficient (Wildman–Crippen LogP) is 1.36. The van der Waals surface area contributed by atoms with Crippen LogP contribution in [0.3, 0.4) is 0 Å². The number of aromatic nitrogens is 1. The predicted molar refractivity (Wildman–Crippen MR) is 52.4 cm³/mol. The van der Waals surface area contributed by atoms with Gasteiger partial charge in [0.1, 0.15) is 5.54 Å². The Morgan fingerprint density at radius 2 is 1.92 bits per heavy atom. The normalized spacial score (nSPS) is 11.3. The molecule has 0 saturated heterocycles. The van der Waals surface area contributed by atoms with Gasteiger partial charge in [0.25, 0.3) is 0 Å². The molecular formula is C10H16N2O. The Hall–Kier alpha value is -1.25. The maximum atomic E-state index is 11.6. The number of rotatable bonds is 3. The number of nitrogens with one attached hydrogen (secondary N) is 1. The van der Waals surface area contributed by atoms with E-state index in [1.165, 1.54) is 0 Å². The summed E-state index contributed by atoms with van der Waals surface area (Å²) in [6.45, 7) is 6.39. The number of hydrogen-bond acceptors (Lipinski definition) is 1. The quantitative estimate of drug-likeness (QED) is 0.748. The van der Waals surface area contributed by atoms with Gasteiger partial charge in [-0.05, 0) is 32.9 Å². The minimum Gasteiger partial charge on any atom is -0.354 e. The molecule has 0 aromatic carbocycles. The molecule has 72 valence electrons. The van der Waals surface area contributed by atoms with Crippen molar-refractivity contribution >= 4 is 5.91 Å². The highest BCUT2D eigenvalue weighted by Gasteiger charge is 2.27. The van der Waals surface area contributed by atoms with Crippen molar-refractivity contribution in [1.82, 2.24) is 9.88 Å². The van der Waals surface area contributed by atoms with Crippen LogP contribution in [0.2, 0.25) is 0 Å². The first-order valence-corrected chi connectivity index (χ1v) is 4.50. The molecule has 0 aliphatic rings. The van der Waals surface area contributed by atoms with E-state index in [1.807, 2.05) is 49.9 Å². The fourth-order valence-electron chi connectivity index (χ4n) is 1.20. The number of nitrogens with zero attached hydrogens (tertiary/aromatic N) is 1. The van der Waals surface area contributed by atoms with Crippen LogP contribution in [0.5, 0.6) is 0 Å². The SMILES string of the molecule is CCNC(=O)C(C)(C)n1cccc1. The Morgan fingerprint density at radius 1 is 1.38 bits per heavy atom. The number of carbonyl (C=O) groups is 1. The Bertz CT molecular complexity index is 275. The van der Waals surface area contributed by atoms with Gasteiger partial charge in [-0.1, -0.05) is 0 Å². The third-order valence-electron chi connectivity index (χ3n) is 2.14. The lowest BCUT2D eigenvalue weighted by molar-refractivity contribution is -0.128. The van der Waals surface area contributed by atoms with Gasteiger partial charge in [-0.3, -0.25) is 4.79 Å². The molecule has 1 heterocycles. The first-order valence-electron chi connectivity index (χ1n) is 4.50. The van der Waals surface area contributed by atoms with Crippen LogP contribution in [-0.2, 0) is 10.3 Å². The van der Waals surface area contributed by atoms with Crippen LogP contribution in [0.4, 0.5) is 0 Å². The summed E-state index contributed by atoms with van der Waals surface area (Å²) in [7, 11) is 0. The van der Waals surface area contributed by atoms with Crippen molar-refractivity contribution in [2.75, 3.05) is 6.54 Å². The lowest BCUT2D eigenvalue weighted by Crippen LogP contribution is -2.43. The molecule has 0 spiro atoms. The molecule has 0 aliphatic carbocycles. The molecule has 0 aliphatic heterocycles. The molecule has 1 amide bonds. The molecule has 13 heavy (non-hydrogen) atoms. The molecule has 1 N–H and O–H groups in total. The molecular weight excluding hydrogens is 164 g/mol. The average molecular weight is 180 g/mol. The molecule has 1 aromatic heterocycles. The number of carbonyl (C=O) groups excluding carboxylic acids is 1. The highest BCUT2D eigenvalue weighted by molar-refractivity contribution is 5.83. The zero-order valence-electron chi connectivity index (χ0n) is 8.37. The van der Waals surface area contributed by atoms with Gasteiger partial charge in [-0.2, -0.15) is 0 Å². The number of amides is 1. The van der Waals surface area contributed by atoms with E-state index in [4.69, 9.17) is 0 Å². The van der Waals surface area contributed by atoms with E-state index in [0.29, 0.717) is 6.54 Å². The largest absolute Gasteiger partial charge is 0.354 e. The minimum atomic E-state index is -0.500. The first kappa shape index (κ1) is 9.84.